The predicted molar refractivity (Wildman–Crippen MR) is 123 cm³/mol. The minimum atomic E-state index is -0.364. The fourth-order valence-electron chi connectivity index (χ4n) is 4.59. The van der Waals surface area contributed by atoms with E-state index in [9.17, 15) is 5.11 Å². The summed E-state index contributed by atoms with van der Waals surface area (Å²) in [4.78, 5) is 4.87. The lowest BCUT2D eigenvalue weighted by atomic mass is 9.95. The summed E-state index contributed by atoms with van der Waals surface area (Å²) < 4.78 is 0. The molecule has 0 spiro atoms. The monoisotopic (exact) mass is 400 g/mol. The summed E-state index contributed by atoms with van der Waals surface area (Å²) in [6.07, 6.45) is 0.607. The van der Waals surface area contributed by atoms with Gasteiger partial charge in [-0.25, -0.2) is 0 Å². The SMILES string of the molecule is CC(c1ccccc1)N1CCC(N(Cc2ccccc2)Cc2ccccc2)C(O)C1. The van der Waals surface area contributed by atoms with Crippen LogP contribution < -0.4 is 0 Å². The van der Waals surface area contributed by atoms with E-state index in [4.69, 9.17) is 0 Å². The van der Waals surface area contributed by atoms with Gasteiger partial charge in [-0.15, -0.1) is 0 Å². The quantitative estimate of drug-likeness (QED) is 0.612. The van der Waals surface area contributed by atoms with E-state index >= 15 is 0 Å². The number of rotatable bonds is 7. The van der Waals surface area contributed by atoms with Gasteiger partial charge >= 0.3 is 0 Å². The van der Waals surface area contributed by atoms with Crippen LogP contribution in [0.15, 0.2) is 91.0 Å². The second-order valence-corrected chi connectivity index (χ2v) is 8.38. The van der Waals surface area contributed by atoms with Gasteiger partial charge in [0.25, 0.3) is 0 Å². The van der Waals surface area contributed by atoms with E-state index in [1.165, 1.54) is 16.7 Å². The van der Waals surface area contributed by atoms with Gasteiger partial charge in [-0.1, -0.05) is 91.0 Å². The van der Waals surface area contributed by atoms with Crippen molar-refractivity contribution >= 4 is 0 Å². The Labute approximate surface area is 180 Å². The van der Waals surface area contributed by atoms with E-state index in [-0.39, 0.29) is 12.1 Å². The molecule has 0 aromatic heterocycles. The molecule has 30 heavy (non-hydrogen) atoms. The average Bonchev–Trinajstić information content (AvgIpc) is 2.80. The van der Waals surface area contributed by atoms with Crippen molar-refractivity contribution < 1.29 is 5.11 Å². The molecule has 1 saturated heterocycles. The average molecular weight is 401 g/mol. The number of likely N-dealkylation sites (tertiary alicyclic amines) is 1. The van der Waals surface area contributed by atoms with Crippen LogP contribution in [0.5, 0.6) is 0 Å². The number of aliphatic hydroxyl groups excluding tert-OH is 1. The number of β-amino-alcohol motifs (C(OH)–C–C–N with tert-alkyl or cyclic N) is 1. The van der Waals surface area contributed by atoms with E-state index < -0.39 is 0 Å². The van der Waals surface area contributed by atoms with Crippen molar-refractivity contribution in [3.05, 3.63) is 108 Å². The highest BCUT2D eigenvalue weighted by Gasteiger charge is 2.34. The lowest BCUT2D eigenvalue weighted by molar-refractivity contribution is -0.0301. The Morgan fingerprint density at radius 3 is 1.83 bits per heavy atom. The normalized spacial score (nSPS) is 20.9. The third-order valence-electron chi connectivity index (χ3n) is 6.33. The van der Waals surface area contributed by atoms with Gasteiger partial charge in [-0.05, 0) is 30.0 Å². The molecule has 0 saturated carbocycles. The lowest BCUT2D eigenvalue weighted by Gasteiger charge is -2.44. The van der Waals surface area contributed by atoms with Gasteiger partial charge in [0.2, 0.25) is 0 Å². The Morgan fingerprint density at radius 2 is 1.33 bits per heavy atom. The topological polar surface area (TPSA) is 26.7 Å². The zero-order valence-electron chi connectivity index (χ0n) is 17.8. The summed E-state index contributed by atoms with van der Waals surface area (Å²) in [6, 6.07) is 32.3. The van der Waals surface area contributed by atoms with Crippen LogP contribution in [0, 0.1) is 0 Å². The van der Waals surface area contributed by atoms with Crippen molar-refractivity contribution in [3.63, 3.8) is 0 Å². The van der Waals surface area contributed by atoms with Crippen molar-refractivity contribution in [2.75, 3.05) is 13.1 Å². The Hall–Kier alpha value is -2.46. The molecule has 0 radical (unpaired) electrons. The van der Waals surface area contributed by atoms with E-state index in [0.717, 1.165) is 26.1 Å². The molecular weight excluding hydrogens is 368 g/mol. The minimum absolute atomic E-state index is 0.157. The zero-order valence-corrected chi connectivity index (χ0v) is 17.8. The van der Waals surface area contributed by atoms with Gasteiger partial charge in [-0.2, -0.15) is 0 Å². The first-order valence-corrected chi connectivity index (χ1v) is 11.0. The number of nitrogens with zero attached hydrogens (tertiary/aromatic N) is 2. The van der Waals surface area contributed by atoms with Gasteiger partial charge in [0, 0.05) is 38.3 Å². The van der Waals surface area contributed by atoms with Crippen LogP contribution in [0.3, 0.4) is 0 Å². The molecule has 3 heteroatoms. The van der Waals surface area contributed by atoms with Gasteiger partial charge in [0.05, 0.1) is 6.10 Å². The molecule has 3 aromatic carbocycles. The zero-order chi connectivity index (χ0) is 20.8. The fourth-order valence-corrected chi connectivity index (χ4v) is 4.59. The van der Waals surface area contributed by atoms with Crippen LogP contribution in [0.4, 0.5) is 0 Å². The van der Waals surface area contributed by atoms with Crippen molar-refractivity contribution in [2.45, 2.75) is 44.6 Å². The Morgan fingerprint density at radius 1 is 0.833 bits per heavy atom. The number of benzene rings is 3. The second kappa shape index (κ2) is 10.0. The number of hydrogen-bond acceptors (Lipinski definition) is 3. The standard InChI is InChI=1S/C27H32N2O/c1-22(25-15-9-4-10-16-25)28-18-17-26(27(30)21-28)29(19-23-11-5-2-6-12-23)20-24-13-7-3-8-14-24/h2-16,22,26-27,30H,17-21H2,1H3. The van der Waals surface area contributed by atoms with Crippen LogP contribution in [-0.4, -0.2) is 40.1 Å². The first kappa shape index (κ1) is 20.8. The highest BCUT2D eigenvalue weighted by Crippen LogP contribution is 2.28. The number of aliphatic hydroxyl groups is 1. The maximum Gasteiger partial charge on any atom is 0.0822 e. The molecular formula is C27H32N2O. The highest BCUT2D eigenvalue weighted by atomic mass is 16.3. The molecule has 3 nitrogen and oxygen atoms in total. The maximum atomic E-state index is 11.2. The third kappa shape index (κ3) is 5.17. The Bertz CT molecular complexity index is 843. The molecule has 1 aliphatic heterocycles. The molecule has 1 N–H and O–H groups in total. The van der Waals surface area contributed by atoms with E-state index in [0.29, 0.717) is 12.6 Å². The van der Waals surface area contributed by atoms with Gasteiger partial charge in [0.15, 0.2) is 0 Å². The smallest absolute Gasteiger partial charge is 0.0822 e. The predicted octanol–water partition coefficient (Wildman–Crippen LogP) is 4.89. The molecule has 0 bridgehead atoms. The fraction of sp³-hybridized carbons (Fsp3) is 0.333. The number of hydrogen-bond donors (Lipinski definition) is 1. The summed E-state index contributed by atoms with van der Waals surface area (Å²) in [5, 5.41) is 11.2. The number of piperidine rings is 1. The molecule has 3 unspecified atom stereocenters. The molecule has 156 valence electrons. The van der Waals surface area contributed by atoms with E-state index in [1.54, 1.807) is 0 Å². The minimum Gasteiger partial charge on any atom is -0.390 e. The van der Waals surface area contributed by atoms with Crippen LogP contribution in [0.25, 0.3) is 0 Å². The second-order valence-electron chi connectivity index (χ2n) is 8.38. The third-order valence-corrected chi connectivity index (χ3v) is 6.33. The van der Waals surface area contributed by atoms with Gasteiger partial charge < -0.3 is 5.11 Å². The summed E-state index contributed by atoms with van der Waals surface area (Å²) in [6.45, 7) is 5.66. The van der Waals surface area contributed by atoms with Crippen molar-refractivity contribution in [3.8, 4) is 0 Å². The molecule has 4 rings (SSSR count). The highest BCUT2D eigenvalue weighted by molar-refractivity contribution is 5.20. The van der Waals surface area contributed by atoms with Crippen LogP contribution in [0.1, 0.15) is 36.1 Å². The molecule has 1 aliphatic rings. The van der Waals surface area contributed by atoms with Gasteiger partial charge in [-0.3, -0.25) is 9.80 Å². The van der Waals surface area contributed by atoms with E-state index in [2.05, 4.69) is 108 Å². The van der Waals surface area contributed by atoms with Crippen LogP contribution >= 0.6 is 0 Å². The molecule has 1 heterocycles. The molecule has 3 aromatic rings. The summed E-state index contributed by atoms with van der Waals surface area (Å²) >= 11 is 0. The first-order valence-electron chi connectivity index (χ1n) is 11.0. The van der Waals surface area contributed by atoms with Crippen LogP contribution in [0.2, 0.25) is 0 Å². The molecule has 3 atom stereocenters. The van der Waals surface area contributed by atoms with Crippen molar-refractivity contribution in [1.29, 1.82) is 0 Å². The van der Waals surface area contributed by atoms with Gasteiger partial charge in [0.1, 0.15) is 0 Å². The molecule has 1 fully saturated rings. The summed E-state index contributed by atoms with van der Waals surface area (Å²) in [7, 11) is 0. The molecule has 0 amide bonds. The van der Waals surface area contributed by atoms with E-state index in [1.807, 2.05) is 0 Å². The summed E-state index contributed by atoms with van der Waals surface area (Å²) in [5.41, 5.74) is 3.90. The Balaban J connectivity index is 1.48. The summed E-state index contributed by atoms with van der Waals surface area (Å²) in [5.74, 6) is 0. The molecule has 0 aliphatic carbocycles. The maximum absolute atomic E-state index is 11.2. The Kier molecular flexibility index (Phi) is 6.96. The lowest BCUT2D eigenvalue weighted by Crippen LogP contribution is -2.54. The van der Waals surface area contributed by atoms with Crippen LogP contribution in [-0.2, 0) is 13.1 Å². The first-order chi connectivity index (χ1) is 14.7. The van der Waals surface area contributed by atoms with Crippen molar-refractivity contribution in [1.82, 2.24) is 9.80 Å². The largest absolute Gasteiger partial charge is 0.390 e. The van der Waals surface area contributed by atoms with Crippen molar-refractivity contribution in [2.24, 2.45) is 0 Å².